The van der Waals surface area contributed by atoms with Crippen molar-refractivity contribution in [2.45, 2.75) is 127 Å². The van der Waals surface area contributed by atoms with E-state index in [0.717, 1.165) is 22.0 Å². The number of hydrogen-bond acceptors (Lipinski definition) is 13. The summed E-state index contributed by atoms with van der Waals surface area (Å²) >= 11 is 0. The first-order valence-electron chi connectivity index (χ1n) is 21.6. The maximum absolute atomic E-state index is 14.4. The van der Waals surface area contributed by atoms with Gasteiger partial charge in [0, 0.05) is 49.7 Å². The number of carbonyl (C=O) groups is 3. The van der Waals surface area contributed by atoms with Gasteiger partial charge in [0.2, 0.25) is 17.7 Å². The third-order valence-corrected chi connectivity index (χ3v) is 11.3. The zero-order valence-corrected chi connectivity index (χ0v) is 35.8. The Kier molecular flexibility index (Phi) is 20.5. The number of carbonyl (C=O) groups excluding carboxylic acids is 3. The lowest BCUT2D eigenvalue weighted by Gasteiger charge is -2.36. The van der Waals surface area contributed by atoms with Gasteiger partial charge < -0.3 is 57.9 Å². The summed E-state index contributed by atoms with van der Waals surface area (Å²) in [6.45, 7) is 3.85. The van der Waals surface area contributed by atoms with E-state index in [-0.39, 0.29) is 76.6 Å². The van der Waals surface area contributed by atoms with Crippen molar-refractivity contribution in [3.8, 4) is 0 Å². The lowest BCUT2D eigenvalue weighted by atomic mass is 10.0. The van der Waals surface area contributed by atoms with Gasteiger partial charge >= 0.3 is 0 Å². The van der Waals surface area contributed by atoms with Gasteiger partial charge in [-0.05, 0) is 74.5 Å². The van der Waals surface area contributed by atoms with E-state index in [9.17, 15) is 39.9 Å². The molecule has 10 atom stereocenters. The first-order valence-corrected chi connectivity index (χ1v) is 21.6. The lowest BCUT2D eigenvalue weighted by molar-refractivity contribution is -0.127. The summed E-state index contributed by atoms with van der Waals surface area (Å²) in [6, 6.07) is 12.7. The van der Waals surface area contributed by atoms with E-state index in [1.165, 1.54) is 4.90 Å². The molecule has 2 aromatic carbocycles. The average Bonchev–Trinajstić information content (AvgIpc) is 3.65. The second-order valence-corrected chi connectivity index (χ2v) is 16.3. The number of fused-ring (bicyclic) bond motifs is 1. The van der Waals surface area contributed by atoms with Crippen LogP contribution in [0.2, 0.25) is 0 Å². The molecule has 0 spiro atoms. The van der Waals surface area contributed by atoms with Crippen LogP contribution in [0.5, 0.6) is 0 Å². The molecule has 19 heteroatoms. The molecule has 0 bridgehead atoms. The van der Waals surface area contributed by atoms with Crippen molar-refractivity contribution in [3.63, 3.8) is 0 Å². The molecule has 0 aliphatic carbocycles. The molecule has 19 nitrogen and oxygen atoms in total. The predicted molar refractivity (Wildman–Crippen MR) is 236 cm³/mol. The predicted octanol–water partition coefficient (Wildman–Crippen LogP) is -1.27. The van der Waals surface area contributed by atoms with Crippen LogP contribution in [0.3, 0.4) is 0 Å². The second-order valence-electron chi connectivity index (χ2n) is 16.3. The summed E-state index contributed by atoms with van der Waals surface area (Å²) in [5.41, 5.74) is 13.7. The van der Waals surface area contributed by atoms with Gasteiger partial charge in [-0.2, -0.15) is 0 Å². The maximum Gasteiger partial charge on any atom is 0.237 e. The van der Waals surface area contributed by atoms with Crippen molar-refractivity contribution >= 4 is 34.6 Å². The minimum absolute atomic E-state index is 0.0113. The van der Waals surface area contributed by atoms with Crippen molar-refractivity contribution in [2.24, 2.45) is 17.4 Å². The standard InChI is InChI=1S/C43H69N11O8/c1-3-29(55)24-54-25-37(57)50-34(21-27-11-5-4-6-12-27)40(60)52-33(16-10-20-48-43(45)46)39(59)53-35(22-28-23-49-31-14-8-7-13-30(28)31)41(61)51-32(38(44)58)15-9-19-47-36(56)18-17-26(2)42(54)62/h4-8,11-14,23,26,29,32-35,37,39,41-42,49-51,53,55,57,59,61-62H,3,9-10,15-22,24-25H2,1-2H3,(H2,44,58)(H,47,56)(H,52,60)(H4,45,46,48)/t26-,29+,32-,33-,34+,35-,37+,39+,41-,42-/m0/s1. The zero-order valence-electron chi connectivity index (χ0n) is 35.8. The highest BCUT2D eigenvalue weighted by Crippen LogP contribution is 2.21. The van der Waals surface area contributed by atoms with E-state index < -0.39 is 72.9 Å². The van der Waals surface area contributed by atoms with Crippen LogP contribution in [0, 0.1) is 11.3 Å². The largest absolute Gasteiger partial charge is 0.392 e. The number of β-amino-alcohol motifs (C(OH)–C–C–N with tert-alkyl or cyclic N) is 2. The molecule has 4 rings (SSSR count). The molecular formula is C43H69N11O8. The van der Waals surface area contributed by atoms with E-state index in [1.807, 2.05) is 54.6 Å². The Balaban J connectivity index is 1.71. The Morgan fingerprint density at radius 3 is 2.37 bits per heavy atom. The van der Waals surface area contributed by atoms with Crippen LogP contribution >= 0.6 is 0 Å². The Bertz CT molecular complexity index is 1840. The van der Waals surface area contributed by atoms with Crippen molar-refractivity contribution in [3.05, 3.63) is 71.9 Å². The molecule has 3 amide bonds. The number of nitrogens with zero attached hydrogens (tertiary/aromatic N) is 1. The van der Waals surface area contributed by atoms with Crippen molar-refractivity contribution in [1.82, 2.24) is 41.8 Å². The maximum atomic E-state index is 14.4. The minimum atomic E-state index is -1.49. The summed E-state index contributed by atoms with van der Waals surface area (Å²) in [6.07, 6.45) is -2.48. The molecule has 1 saturated heterocycles. The number of aliphatic hydroxyl groups is 5. The topological polar surface area (TPSA) is 319 Å². The summed E-state index contributed by atoms with van der Waals surface area (Å²) in [5.74, 6) is -2.28. The molecule has 1 aliphatic rings. The molecule has 62 heavy (non-hydrogen) atoms. The third kappa shape index (κ3) is 16.2. The van der Waals surface area contributed by atoms with Gasteiger partial charge in [-0.25, -0.2) is 0 Å². The normalized spacial score (nSPS) is 27.8. The van der Waals surface area contributed by atoms with Gasteiger partial charge in [0.1, 0.15) is 24.9 Å². The molecule has 0 saturated carbocycles. The van der Waals surface area contributed by atoms with E-state index in [0.29, 0.717) is 19.3 Å². The third-order valence-electron chi connectivity index (χ3n) is 11.3. The smallest absolute Gasteiger partial charge is 0.237 e. The summed E-state index contributed by atoms with van der Waals surface area (Å²) in [4.78, 5) is 44.7. The van der Waals surface area contributed by atoms with Crippen LogP contribution in [-0.2, 0) is 27.2 Å². The SMILES string of the molecule is CC[C@@H](O)CN1C[C@@H](O)N[C@H](Cc2ccccc2)C(=O)N[C@@H](CCCNC(=N)N)[C@@H](O)N[C@@H](Cc2c[nH]c3ccccc23)[C@H](O)N[C@H](C(N)=O)CCCNC(=O)CC[C@H](C)[C@@H]1O. The first kappa shape index (κ1) is 50.0. The van der Waals surface area contributed by atoms with E-state index in [1.54, 1.807) is 20.0 Å². The zero-order chi connectivity index (χ0) is 45.2. The Morgan fingerprint density at radius 2 is 1.66 bits per heavy atom. The highest BCUT2D eigenvalue weighted by Gasteiger charge is 2.33. The van der Waals surface area contributed by atoms with Gasteiger partial charge in [-0.3, -0.25) is 40.6 Å². The highest BCUT2D eigenvalue weighted by molar-refractivity contribution is 5.83. The summed E-state index contributed by atoms with van der Waals surface area (Å²) in [5, 5.41) is 83.4. The fourth-order valence-corrected chi connectivity index (χ4v) is 7.67. The molecule has 1 aromatic heterocycles. The fraction of sp³-hybridized carbons (Fsp3) is 0.581. The number of aliphatic hydroxyl groups excluding tert-OH is 5. The number of aromatic amines is 1. The number of aromatic nitrogens is 1. The monoisotopic (exact) mass is 868 g/mol. The van der Waals surface area contributed by atoms with Crippen LogP contribution in [-0.4, -0.2) is 140 Å². The molecule has 1 aliphatic heterocycles. The number of rotatable bonds is 12. The summed E-state index contributed by atoms with van der Waals surface area (Å²) < 4.78 is 0. The van der Waals surface area contributed by atoms with Crippen molar-refractivity contribution in [2.75, 3.05) is 26.2 Å². The lowest BCUT2D eigenvalue weighted by Crippen LogP contribution is -2.62. The molecule has 17 N–H and O–H groups in total. The van der Waals surface area contributed by atoms with Crippen LogP contribution in [0.1, 0.15) is 69.9 Å². The molecule has 2 heterocycles. The number of amides is 3. The van der Waals surface area contributed by atoms with Crippen LogP contribution in [0.4, 0.5) is 0 Å². The van der Waals surface area contributed by atoms with Crippen LogP contribution in [0.15, 0.2) is 60.8 Å². The number of guanidine groups is 1. The van der Waals surface area contributed by atoms with Crippen molar-refractivity contribution in [1.29, 1.82) is 5.41 Å². The van der Waals surface area contributed by atoms with E-state index in [2.05, 4.69) is 36.9 Å². The Labute approximate surface area is 363 Å². The van der Waals surface area contributed by atoms with Gasteiger partial charge in [-0.15, -0.1) is 0 Å². The number of primary amides is 1. The number of benzene rings is 2. The molecule has 3 aromatic rings. The molecular weight excluding hydrogens is 799 g/mol. The highest BCUT2D eigenvalue weighted by atomic mass is 16.3. The van der Waals surface area contributed by atoms with Gasteiger partial charge in [0.15, 0.2) is 5.96 Å². The Hall–Kier alpha value is -4.70. The van der Waals surface area contributed by atoms with E-state index in [4.69, 9.17) is 16.9 Å². The molecule has 0 radical (unpaired) electrons. The number of nitrogens with two attached hydrogens (primary N) is 2. The number of hydrogen-bond donors (Lipinski definition) is 15. The van der Waals surface area contributed by atoms with Crippen molar-refractivity contribution < 1.29 is 39.9 Å². The minimum Gasteiger partial charge on any atom is -0.392 e. The molecule has 344 valence electrons. The fourth-order valence-electron chi connectivity index (χ4n) is 7.67. The number of nitrogens with one attached hydrogen (secondary N) is 8. The quantitative estimate of drug-likeness (QED) is 0.0574. The van der Waals surface area contributed by atoms with Gasteiger partial charge in [0.25, 0.3) is 0 Å². The average molecular weight is 868 g/mol. The van der Waals surface area contributed by atoms with Gasteiger partial charge in [-0.1, -0.05) is 62.4 Å². The molecule has 1 fully saturated rings. The Morgan fingerprint density at radius 1 is 0.952 bits per heavy atom. The van der Waals surface area contributed by atoms with Crippen LogP contribution in [0.25, 0.3) is 10.9 Å². The second kappa shape index (κ2) is 25.4. The molecule has 0 unspecified atom stereocenters. The summed E-state index contributed by atoms with van der Waals surface area (Å²) in [7, 11) is 0. The van der Waals surface area contributed by atoms with E-state index >= 15 is 0 Å². The van der Waals surface area contributed by atoms with Crippen LogP contribution < -0.4 is 43.4 Å². The number of H-pyrrole nitrogens is 1. The first-order chi connectivity index (χ1) is 29.6. The number of para-hydroxylation sites is 1. The van der Waals surface area contributed by atoms with Gasteiger partial charge in [0.05, 0.1) is 30.3 Å².